The van der Waals surface area contributed by atoms with Crippen molar-refractivity contribution in [1.29, 1.82) is 0 Å². The van der Waals surface area contributed by atoms with Gasteiger partial charge in [-0.25, -0.2) is 0 Å². The minimum absolute atomic E-state index is 0.187. The van der Waals surface area contributed by atoms with Crippen LogP contribution in [0.2, 0.25) is 0 Å². The number of hydrogen-bond donors (Lipinski definition) is 1. The minimum Gasteiger partial charge on any atom is -0.455 e. The number of carbonyl (C=O) groups excluding carboxylic acids is 1. The second-order valence-electron chi connectivity index (χ2n) is 6.15. The molecule has 0 aliphatic carbocycles. The fraction of sp³-hybridized carbons (Fsp3) is 0.421. The number of likely N-dealkylation sites (tertiary alicyclic amines) is 1. The van der Waals surface area contributed by atoms with Crippen molar-refractivity contribution in [3.8, 4) is 0 Å². The Morgan fingerprint density at radius 2 is 1.96 bits per heavy atom. The summed E-state index contributed by atoms with van der Waals surface area (Å²) in [5.74, 6) is 1.92. The molecule has 1 N–H and O–H groups in total. The largest absolute Gasteiger partial charge is 0.455 e. The molecule has 2 aromatic rings. The van der Waals surface area contributed by atoms with Gasteiger partial charge in [0.15, 0.2) is 5.76 Å². The highest BCUT2D eigenvalue weighted by molar-refractivity contribution is 7.97. The summed E-state index contributed by atoms with van der Waals surface area (Å²) in [7, 11) is 0. The van der Waals surface area contributed by atoms with E-state index in [2.05, 4.69) is 16.5 Å². The Hall–Kier alpha value is -1.72. The van der Waals surface area contributed by atoms with Crippen molar-refractivity contribution in [3.63, 3.8) is 0 Å². The first-order chi connectivity index (χ1) is 11.8. The van der Waals surface area contributed by atoms with Gasteiger partial charge in [-0.3, -0.25) is 9.69 Å². The van der Waals surface area contributed by atoms with Gasteiger partial charge in [0.1, 0.15) is 5.76 Å². The maximum absolute atomic E-state index is 12.5. The Morgan fingerprint density at radius 1 is 1.17 bits per heavy atom. The summed E-state index contributed by atoms with van der Waals surface area (Å²) in [6.45, 7) is 3.02. The lowest BCUT2D eigenvalue weighted by Crippen LogP contribution is -2.28. The number of thioether (sulfide) groups is 1. The molecule has 5 heteroatoms. The molecule has 0 spiro atoms. The van der Waals surface area contributed by atoms with E-state index in [1.807, 2.05) is 30.3 Å². The number of rotatable bonds is 6. The van der Waals surface area contributed by atoms with E-state index in [-0.39, 0.29) is 5.91 Å². The van der Waals surface area contributed by atoms with E-state index in [0.717, 1.165) is 42.4 Å². The highest BCUT2D eigenvalue weighted by atomic mass is 32.2. The van der Waals surface area contributed by atoms with Crippen LogP contribution in [0, 0.1) is 0 Å². The SMILES string of the molecule is CSCc1ccccc1NC(=O)c1ccc(CN2CCCCC2)o1. The number of nitrogens with zero attached hydrogens (tertiary/aromatic N) is 1. The standard InChI is InChI=1S/C19H24N2O2S/c1-24-14-15-7-3-4-8-17(15)20-19(22)18-10-9-16(23-18)13-21-11-5-2-6-12-21/h3-4,7-10H,2,5-6,11-14H2,1H3,(H,20,22). The molecule has 3 rings (SSSR count). The molecular weight excluding hydrogens is 320 g/mol. The van der Waals surface area contributed by atoms with Crippen molar-refractivity contribution in [1.82, 2.24) is 4.90 Å². The lowest BCUT2D eigenvalue weighted by atomic mass is 10.1. The van der Waals surface area contributed by atoms with E-state index < -0.39 is 0 Å². The summed E-state index contributed by atoms with van der Waals surface area (Å²) in [4.78, 5) is 14.8. The molecule has 4 nitrogen and oxygen atoms in total. The summed E-state index contributed by atoms with van der Waals surface area (Å²) in [5, 5.41) is 2.97. The molecule has 1 fully saturated rings. The smallest absolute Gasteiger partial charge is 0.291 e. The van der Waals surface area contributed by atoms with Crippen LogP contribution in [0.5, 0.6) is 0 Å². The Balaban J connectivity index is 1.63. The number of benzene rings is 1. The first kappa shape index (κ1) is 17.1. The highest BCUT2D eigenvalue weighted by Crippen LogP contribution is 2.21. The van der Waals surface area contributed by atoms with Gasteiger partial charge < -0.3 is 9.73 Å². The number of furan rings is 1. The van der Waals surface area contributed by atoms with Crippen LogP contribution in [0.15, 0.2) is 40.8 Å². The third-order valence-corrected chi connectivity index (χ3v) is 4.88. The summed E-state index contributed by atoms with van der Waals surface area (Å²) < 4.78 is 5.76. The van der Waals surface area contributed by atoms with Crippen LogP contribution in [0.3, 0.4) is 0 Å². The Bertz CT molecular complexity index is 678. The molecule has 128 valence electrons. The molecule has 0 unspecified atom stereocenters. The van der Waals surface area contributed by atoms with Crippen LogP contribution >= 0.6 is 11.8 Å². The third kappa shape index (κ3) is 4.42. The zero-order chi connectivity index (χ0) is 16.8. The van der Waals surface area contributed by atoms with Crippen molar-refractivity contribution in [2.45, 2.75) is 31.6 Å². The first-order valence-electron chi connectivity index (χ1n) is 8.45. The van der Waals surface area contributed by atoms with Gasteiger partial charge in [-0.15, -0.1) is 0 Å². The predicted molar refractivity (Wildman–Crippen MR) is 99.5 cm³/mol. The highest BCUT2D eigenvalue weighted by Gasteiger charge is 2.16. The van der Waals surface area contributed by atoms with Gasteiger partial charge in [-0.05, 0) is 55.9 Å². The van der Waals surface area contributed by atoms with Crippen molar-refractivity contribution in [2.24, 2.45) is 0 Å². The van der Waals surface area contributed by atoms with Crippen LogP contribution in [0.4, 0.5) is 5.69 Å². The van der Waals surface area contributed by atoms with Gasteiger partial charge in [0.05, 0.1) is 6.54 Å². The van der Waals surface area contributed by atoms with Crippen molar-refractivity contribution >= 4 is 23.4 Å². The molecule has 1 amide bonds. The number of para-hydroxylation sites is 1. The third-order valence-electron chi connectivity index (χ3n) is 4.28. The molecule has 24 heavy (non-hydrogen) atoms. The molecule has 0 bridgehead atoms. The molecule has 1 aromatic carbocycles. The molecule has 1 aliphatic heterocycles. The minimum atomic E-state index is -0.187. The van der Waals surface area contributed by atoms with Crippen LogP contribution < -0.4 is 5.32 Å². The summed E-state index contributed by atoms with van der Waals surface area (Å²) >= 11 is 1.74. The number of hydrogen-bond acceptors (Lipinski definition) is 4. The average molecular weight is 344 g/mol. The summed E-state index contributed by atoms with van der Waals surface area (Å²) in [5.41, 5.74) is 1.98. The van der Waals surface area contributed by atoms with E-state index in [9.17, 15) is 4.79 Å². The molecule has 0 radical (unpaired) electrons. The van der Waals surface area contributed by atoms with Crippen LogP contribution in [0.25, 0.3) is 0 Å². The zero-order valence-electron chi connectivity index (χ0n) is 14.1. The van der Waals surface area contributed by atoms with Crippen molar-refractivity contribution in [3.05, 3.63) is 53.5 Å². The maximum atomic E-state index is 12.5. The van der Waals surface area contributed by atoms with Crippen molar-refractivity contribution < 1.29 is 9.21 Å². The maximum Gasteiger partial charge on any atom is 0.291 e. The number of piperidine rings is 1. The van der Waals surface area contributed by atoms with Gasteiger partial charge in [-0.1, -0.05) is 24.6 Å². The summed E-state index contributed by atoms with van der Waals surface area (Å²) in [6.07, 6.45) is 5.87. The van der Waals surface area contributed by atoms with Crippen LogP contribution in [-0.4, -0.2) is 30.2 Å². The number of nitrogens with one attached hydrogen (secondary N) is 1. The fourth-order valence-corrected chi connectivity index (χ4v) is 3.59. The summed E-state index contributed by atoms with van der Waals surface area (Å²) in [6, 6.07) is 11.6. The average Bonchev–Trinajstić information content (AvgIpc) is 3.06. The van der Waals surface area contributed by atoms with Gasteiger partial charge in [0.25, 0.3) is 5.91 Å². The van der Waals surface area contributed by atoms with E-state index in [1.54, 1.807) is 17.8 Å². The van der Waals surface area contributed by atoms with E-state index >= 15 is 0 Å². The zero-order valence-corrected chi connectivity index (χ0v) is 14.9. The molecule has 1 aromatic heterocycles. The molecule has 2 heterocycles. The van der Waals surface area contributed by atoms with Gasteiger partial charge >= 0.3 is 0 Å². The lowest BCUT2D eigenvalue weighted by molar-refractivity contribution is 0.0992. The molecule has 1 saturated heterocycles. The van der Waals surface area contributed by atoms with Crippen LogP contribution in [0.1, 0.15) is 41.1 Å². The predicted octanol–water partition coefficient (Wildman–Crippen LogP) is 4.38. The Labute approximate surface area is 147 Å². The normalized spacial score (nSPS) is 15.4. The topological polar surface area (TPSA) is 45.5 Å². The molecule has 0 atom stereocenters. The number of carbonyl (C=O) groups is 1. The number of anilines is 1. The van der Waals surface area contributed by atoms with Crippen LogP contribution in [-0.2, 0) is 12.3 Å². The monoisotopic (exact) mass is 344 g/mol. The van der Waals surface area contributed by atoms with Gasteiger partial charge in [-0.2, -0.15) is 11.8 Å². The molecule has 0 saturated carbocycles. The number of amides is 1. The second kappa shape index (κ2) is 8.40. The quantitative estimate of drug-likeness (QED) is 0.844. The van der Waals surface area contributed by atoms with Gasteiger partial charge in [0.2, 0.25) is 0 Å². The molecule has 1 aliphatic rings. The lowest BCUT2D eigenvalue weighted by Gasteiger charge is -2.25. The molecular formula is C19H24N2O2S. The fourth-order valence-electron chi connectivity index (χ4n) is 3.03. The van der Waals surface area contributed by atoms with Crippen molar-refractivity contribution in [2.75, 3.05) is 24.7 Å². The van der Waals surface area contributed by atoms with E-state index in [1.165, 1.54) is 19.3 Å². The Kier molecular flexibility index (Phi) is 5.99. The van der Waals surface area contributed by atoms with E-state index in [0.29, 0.717) is 5.76 Å². The second-order valence-corrected chi connectivity index (χ2v) is 7.01. The Morgan fingerprint density at radius 3 is 2.75 bits per heavy atom. The first-order valence-corrected chi connectivity index (χ1v) is 9.85. The van der Waals surface area contributed by atoms with Gasteiger partial charge in [0, 0.05) is 11.4 Å². The van der Waals surface area contributed by atoms with E-state index in [4.69, 9.17) is 4.42 Å².